The zero-order valence-electron chi connectivity index (χ0n) is 22.0. The minimum absolute atomic E-state index is 0.259. The van der Waals surface area contributed by atoms with Gasteiger partial charge in [0, 0.05) is 31.1 Å². The summed E-state index contributed by atoms with van der Waals surface area (Å²) in [5.74, 6) is 0.868. The molecule has 1 fully saturated rings. The molecule has 1 saturated heterocycles. The third-order valence-corrected chi connectivity index (χ3v) is 12.3. The van der Waals surface area contributed by atoms with Gasteiger partial charge in [0.1, 0.15) is 0 Å². The Morgan fingerprint density at radius 3 is 1.85 bits per heavy atom. The van der Waals surface area contributed by atoms with Gasteiger partial charge in [-0.3, -0.25) is 23.0 Å². The fraction of sp³-hybridized carbons (Fsp3) is 1.00. The van der Waals surface area contributed by atoms with Crippen molar-refractivity contribution in [3.63, 3.8) is 0 Å². The monoisotopic (exact) mass is 549 g/mol. The molecule has 0 aliphatic carbocycles. The summed E-state index contributed by atoms with van der Waals surface area (Å²) in [6, 6.07) is 0. The molecule has 2 unspecified atom stereocenters. The largest absolute Gasteiger partial charge is 0.390 e. The van der Waals surface area contributed by atoms with E-state index >= 15 is 0 Å². The molecule has 0 spiro atoms. The first-order valence-corrected chi connectivity index (χ1v) is 17.7. The molecule has 0 aromatic heterocycles. The van der Waals surface area contributed by atoms with E-state index in [0.717, 1.165) is 44.2 Å². The first-order chi connectivity index (χ1) is 14.8. The lowest BCUT2D eigenvalue weighted by Gasteiger charge is -2.35. The highest BCUT2D eigenvalue weighted by atomic mass is 32.7. The molecule has 0 N–H and O–H groups in total. The highest BCUT2D eigenvalue weighted by molar-refractivity contribution is 8.55. The Morgan fingerprint density at radius 2 is 1.36 bits per heavy atom. The zero-order chi connectivity index (χ0) is 25.6. The molecule has 8 nitrogen and oxygen atoms in total. The van der Waals surface area contributed by atoms with Gasteiger partial charge in [-0.25, -0.2) is 9.13 Å². The second-order valence-electron chi connectivity index (χ2n) is 10.9. The lowest BCUT2D eigenvalue weighted by Crippen LogP contribution is -2.37. The van der Waals surface area contributed by atoms with E-state index in [1.54, 1.807) is 0 Å². The van der Waals surface area contributed by atoms with Crippen LogP contribution in [0.15, 0.2) is 0 Å². The van der Waals surface area contributed by atoms with Crippen LogP contribution in [-0.4, -0.2) is 72.2 Å². The minimum atomic E-state index is -3.51. The van der Waals surface area contributed by atoms with E-state index in [1.807, 2.05) is 69.2 Å². The maximum absolute atomic E-state index is 13.8. The van der Waals surface area contributed by atoms with Crippen LogP contribution in [0.5, 0.6) is 0 Å². The van der Waals surface area contributed by atoms with Crippen LogP contribution in [0, 0.1) is 0 Å². The summed E-state index contributed by atoms with van der Waals surface area (Å²) < 4.78 is 56.0. The normalized spacial score (nSPS) is 20.6. The average molecular weight is 550 g/mol. The van der Waals surface area contributed by atoms with Gasteiger partial charge >= 0.3 is 13.6 Å². The smallest absolute Gasteiger partial charge is 0.379 e. The summed E-state index contributed by atoms with van der Waals surface area (Å²) in [7, 11) is 0. The molecule has 0 radical (unpaired) electrons. The standard InChI is InChI=1S/C21H45NO7P2S2/c1-18(2)26-30(23,27-19(3,4)5)33-17-21(9,10)29-31(24,28-20(6,7)8)32-16-13-22-11-14-25-15-12-22/h18H,11-17H2,1-10H3. The van der Waals surface area contributed by atoms with Gasteiger partial charge in [-0.15, -0.1) is 0 Å². The molecule has 33 heavy (non-hydrogen) atoms. The zero-order valence-corrected chi connectivity index (χ0v) is 25.5. The van der Waals surface area contributed by atoms with Crippen molar-refractivity contribution in [2.24, 2.45) is 0 Å². The highest BCUT2D eigenvalue weighted by Crippen LogP contribution is 2.67. The number of morpholine rings is 1. The number of nitrogens with zero attached hydrogens (tertiary/aromatic N) is 1. The van der Waals surface area contributed by atoms with E-state index in [2.05, 4.69) is 4.90 Å². The molecule has 2 atom stereocenters. The topological polar surface area (TPSA) is 83.5 Å². The SMILES string of the molecule is CC(C)OP(=O)(OC(C)(C)C)SCC(C)(C)OP(=O)(OC(C)(C)C)SCCN1CCOCC1. The second-order valence-corrected chi connectivity index (χ2v) is 18.9. The summed E-state index contributed by atoms with van der Waals surface area (Å²) in [5, 5.41) is 0. The predicted octanol–water partition coefficient (Wildman–Crippen LogP) is 6.85. The van der Waals surface area contributed by atoms with Gasteiger partial charge in [0.05, 0.1) is 36.1 Å². The molecule has 198 valence electrons. The third kappa shape index (κ3) is 14.9. The molecule has 0 amide bonds. The van der Waals surface area contributed by atoms with Crippen LogP contribution in [0.1, 0.15) is 69.2 Å². The fourth-order valence-electron chi connectivity index (χ4n) is 2.75. The van der Waals surface area contributed by atoms with Crippen molar-refractivity contribution in [1.29, 1.82) is 0 Å². The third-order valence-electron chi connectivity index (χ3n) is 3.80. The van der Waals surface area contributed by atoms with Crippen molar-refractivity contribution in [3.05, 3.63) is 0 Å². The Labute approximate surface area is 209 Å². The van der Waals surface area contributed by atoms with Crippen LogP contribution in [0.4, 0.5) is 0 Å². The maximum Gasteiger partial charge on any atom is 0.390 e. The van der Waals surface area contributed by atoms with Crippen molar-refractivity contribution < 1.29 is 32.0 Å². The number of hydrogen-bond acceptors (Lipinski definition) is 10. The summed E-state index contributed by atoms with van der Waals surface area (Å²) >= 11 is 2.28. The van der Waals surface area contributed by atoms with E-state index in [4.69, 9.17) is 22.8 Å². The van der Waals surface area contributed by atoms with Gasteiger partial charge in [0.15, 0.2) is 0 Å². The van der Waals surface area contributed by atoms with Gasteiger partial charge in [0.2, 0.25) is 0 Å². The molecule has 1 rings (SSSR count). The number of hydrogen-bond donors (Lipinski definition) is 0. The maximum atomic E-state index is 13.8. The average Bonchev–Trinajstić information content (AvgIpc) is 2.56. The van der Waals surface area contributed by atoms with E-state index < -0.39 is 30.4 Å². The summed E-state index contributed by atoms with van der Waals surface area (Å²) in [5.41, 5.74) is -2.17. The van der Waals surface area contributed by atoms with Gasteiger partial charge in [-0.2, -0.15) is 0 Å². The predicted molar refractivity (Wildman–Crippen MR) is 140 cm³/mol. The van der Waals surface area contributed by atoms with Crippen LogP contribution in [0.3, 0.4) is 0 Å². The Kier molecular flexibility index (Phi) is 12.5. The van der Waals surface area contributed by atoms with Crippen molar-refractivity contribution >= 4 is 36.4 Å². The lowest BCUT2D eigenvalue weighted by molar-refractivity contribution is 0.0409. The highest BCUT2D eigenvalue weighted by Gasteiger charge is 2.41. The molecule has 1 aliphatic heterocycles. The van der Waals surface area contributed by atoms with Crippen molar-refractivity contribution in [2.45, 2.75) is 92.1 Å². The van der Waals surface area contributed by atoms with E-state index in [-0.39, 0.29) is 11.9 Å². The molecule has 12 heteroatoms. The number of rotatable bonds is 13. The molecular weight excluding hydrogens is 504 g/mol. The van der Waals surface area contributed by atoms with Crippen molar-refractivity contribution in [3.8, 4) is 0 Å². The van der Waals surface area contributed by atoms with Crippen LogP contribution < -0.4 is 0 Å². The van der Waals surface area contributed by atoms with Crippen LogP contribution in [0.25, 0.3) is 0 Å². The molecular formula is C21H45NO7P2S2. The summed E-state index contributed by atoms with van der Waals surface area (Å²) in [4.78, 5) is 2.28. The molecule has 1 heterocycles. The quantitative estimate of drug-likeness (QED) is 0.227. The van der Waals surface area contributed by atoms with Gasteiger partial charge < -0.3 is 4.74 Å². The van der Waals surface area contributed by atoms with Crippen LogP contribution in [-0.2, 0) is 32.0 Å². The molecule has 0 bridgehead atoms. The second kappa shape index (κ2) is 12.9. The lowest BCUT2D eigenvalue weighted by atomic mass is 10.2. The summed E-state index contributed by atoms with van der Waals surface area (Å²) in [6.45, 7) is 15.3. The molecule has 0 aromatic rings. The van der Waals surface area contributed by atoms with Gasteiger partial charge in [0.25, 0.3) is 0 Å². The first kappa shape index (κ1) is 31.9. The van der Waals surface area contributed by atoms with E-state index in [1.165, 1.54) is 11.4 Å². The van der Waals surface area contributed by atoms with Crippen LogP contribution >= 0.6 is 36.4 Å². The number of ether oxygens (including phenoxy) is 1. The van der Waals surface area contributed by atoms with Gasteiger partial charge in [-0.05, 0) is 92.0 Å². The molecule has 1 aliphatic rings. The van der Waals surface area contributed by atoms with E-state index in [9.17, 15) is 9.13 Å². The van der Waals surface area contributed by atoms with E-state index in [0.29, 0.717) is 5.75 Å². The van der Waals surface area contributed by atoms with Crippen molar-refractivity contribution in [1.82, 2.24) is 4.90 Å². The molecule has 0 aromatic carbocycles. The Morgan fingerprint density at radius 1 is 0.848 bits per heavy atom. The minimum Gasteiger partial charge on any atom is -0.379 e. The Bertz CT molecular complexity index is 687. The first-order valence-electron chi connectivity index (χ1n) is 11.4. The Hall–Kier alpha value is 0.920. The van der Waals surface area contributed by atoms with Gasteiger partial charge in [-0.1, -0.05) is 0 Å². The fourth-order valence-corrected chi connectivity index (χ4v) is 12.2. The Balaban J connectivity index is 2.85. The van der Waals surface area contributed by atoms with Crippen LogP contribution in [0.2, 0.25) is 0 Å². The summed E-state index contributed by atoms with van der Waals surface area (Å²) in [6.07, 6.45) is -0.263. The van der Waals surface area contributed by atoms with Crippen molar-refractivity contribution in [2.75, 3.05) is 44.4 Å². The molecule has 0 saturated carbocycles.